The minimum atomic E-state index is 0.370. The number of hydrogen-bond acceptors (Lipinski definition) is 4. The van der Waals surface area contributed by atoms with Crippen molar-refractivity contribution in [3.05, 3.63) is 41.4 Å². The van der Waals surface area contributed by atoms with Crippen LogP contribution in [0.1, 0.15) is 10.4 Å². The summed E-state index contributed by atoms with van der Waals surface area (Å²) in [7, 11) is 1.50. The lowest BCUT2D eigenvalue weighted by atomic mass is 10.2. The van der Waals surface area contributed by atoms with Crippen LogP contribution >= 0.6 is 11.6 Å². The van der Waals surface area contributed by atoms with Crippen LogP contribution < -0.4 is 9.47 Å². The molecule has 100 valence electrons. The summed E-state index contributed by atoms with van der Waals surface area (Å²) in [5.74, 6) is 0.849. The number of imidazole rings is 1. The molecule has 1 aromatic carbocycles. The third-order valence-corrected chi connectivity index (χ3v) is 2.77. The van der Waals surface area contributed by atoms with Gasteiger partial charge >= 0.3 is 0 Å². The summed E-state index contributed by atoms with van der Waals surface area (Å²) in [6, 6.07) is 3.16. The van der Waals surface area contributed by atoms with Crippen LogP contribution in [0.15, 0.2) is 30.9 Å². The Hall–Kier alpha value is -2.01. The summed E-state index contributed by atoms with van der Waals surface area (Å²) in [6.45, 7) is 1.03. The van der Waals surface area contributed by atoms with Gasteiger partial charge in [0, 0.05) is 23.5 Å². The molecule has 0 aliphatic heterocycles. The first kappa shape index (κ1) is 13.4. The normalized spacial score (nSPS) is 10.2. The van der Waals surface area contributed by atoms with Crippen molar-refractivity contribution in [3.63, 3.8) is 0 Å². The fourth-order valence-corrected chi connectivity index (χ4v) is 1.87. The molecule has 2 rings (SSSR count). The van der Waals surface area contributed by atoms with E-state index in [1.807, 2.05) is 10.8 Å². The Morgan fingerprint density at radius 1 is 1.47 bits per heavy atom. The standard InChI is InChI=1S/C13H13ClN2O3/c1-18-12-7-11(14)6-10(8-17)13(12)19-5-4-16-3-2-15-9-16/h2-3,6-9H,4-5H2,1H3. The third kappa shape index (κ3) is 3.26. The lowest BCUT2D eigenvalue weighted by molar-refractivity contribution is 0.111. The predicted molar refractivity (Wildman–Crippen MR) is 71.1 cm³/mol. The predicted octanol–water partition coefficient (Wildman–Crippen LogP) is 2.44. The highest BCUT2D eigenvalue weighted by molar-refractivity contribution is 6.31. The van der Waals surface area contributed by atoms with Crippen LogP contribution in [-0.2, 0) is 6.54 Å². The quantitative estimate of drug-likeness (QED) is 0.763. The molecule has 0 bridgehead atoms. The van der Waals surface area contributed by atoms with Crippen LogP contribution in [-0.4, -0.2) is 29.6 Å². The highest BCUT2D eigenvalue weighted by Crippen LogP contribution is 2.33. The molecule has 6 heteroatoms. The first-order valence-electron chi connectivity index (χ1n) is 5.66. The zero-order valence-corrected chi connectivity index (χ0v) is 11.1. The van der Waals surface area contributed by atoms with Crippen LogP contribution in [0.2, 0.25) is 5.02 Å². The number of ether oxygens (including phenoxy) is 2. The van der Waals surface area contributed by atoms with Crippen molar-refractivity contribution in [2.24, 2.45) is 0 Å². The number of nitrogens with zero attached hydrogens (tertiary/aromatic N) is 2. The van der Waals surface area contributed by atoms with Gasteiger partial charge in [-0.15, -0.1) is 0 Å². The summed E-state index contributed by atoms with van der Waals surface area (Å²) >= 11 is 5.89. The van der Waals surface area contributed by atoms with E-state index in [9.17, 15) is 4.79 Å². The highest BCUT2D eigenvalue weighted by Gasteiger charge is 2.12. The van der Waals surface area contributed by atoms with Crippen LogP contribution in [0.4, 0.5) is 0 Å². The Balaban J connectivity index is 2.11. The Kier molecular flexibility index (Phi) is 4.41. The summed E-state index contributed by atoms with van der Waals surface area (Å²) in [4.78, 5) is 15.0. The maximum Gasteiger partial charge on any atom is 0.171 e. The van der Waals surface area contributed by atoms with Gasteiger partial charge < -0.3 is 14.0 Å². The maximum absolute atomic E-state index is 11.0. The molecule has 0 amide bonds. The van der Waals surface area contributed by atoms with Gasteiger partial charge in [-0.1, -0.05) is 11.6 Å². The Bertz CT molecular complexity index is 555. The molecule has 1 heterocycles. The molecule has 0 atom stereocenters. The van der Waals surface area contributed by atoms with E-state index in [1.54, 1.807) is 24.7 Å². The van der Waals surface area contributed by atoms with E-state index >= 15 is 0 Å². The Labute approximate surface area is 115 Å². The third-order valence-electron chi connectivity index (χ3n) is 2.55. The van der Waals surface area contributed by atoms with Crippen LogP contribution in [0.25, 0.3) is 0 Å². The second-order valence-corrected chi connectivity index (χ2v) is 4.23. The molecule has 0 saturated carbocycles. The summed E-state index contributed by atoms with van der Waals surface area (Å²) in [5, 5.41) is 0.431. The minimum Gasteiger partial charge on any atom is -0.493 e. The Morgan fingerprint density at radius 2 is 2.32 bits per heavy atom. The number of benzene rings is 1. The topological polar surface area (TPSA) is 53.4 Å². The molecular formula is C13H13ClN2O3. The van der Waals surface area contributed by atoms with Crippen molar-refractivity contribution in [2.45, 2.75) is 6.54 Å². The van der Waals surface area contributed by atoms with Gasteiger partial charge in [-0.3, -0.25) is 4.79 Å². The number of carbonyl (C=O) groups is 1. The first-order valence-corrected chi connectivity index (χ1v) is 6.03. The van der Waals surface area contributed by atoms with Crippen molar-refractivity contribution >= 4 is 17.9 Å². The smallest absolute Gasteiger partial charge is 0.171 e. The van der Waals surface area contributed by atoms with Crippen molar-refractivity contribution in [1.29, 1.82) is 0 Å². The first-order chi connectivity index (χ1) is 9.24. The summed E-state index contributed by atoms with van der Waals surface area (Å²) < 4.78 is 12.7. The second-order valence-electron chi connectivity index (χ2n) is 3.79. The van der Waals surface area contributed by atoms with E-state index in [-0.39, 0.29) is 0 Å². The summed E-state index contributed by atoms with van der Waals surface area (Å²) in [6.07, 6.45) is 5.92. The molecule has 0 aliphatic rings. The SMILES string of the molecule is COc1cc(Cl)cc(C=O)c1OCCn1ccnc1. The largest absolute Gasteiger partial charge is 0.493 e. The Morgan fingerprint density at radius 3 is 2.95 bits per heavy atom. The highest BCUT2D eigenvalue weighted by atomic mass is 35.5. The fraction of sp³-hybridized carbons (Fsp3) is 0.231. The van der Waals surface area contributed by atoms with E-state index < -0.39 is 0 Å². The molecule has 19 heavy (non-hydrogen) atoms. The lowest BCUT2D eigenvalue weighted by Gasteiger charge is -2.13. The summed E-state index contributed by atoms with van der Waals surface area (Å²) in [5.41, 5.74) is 0.370. The van der Waals surface area contributed by atoms with Crippen molar-refractivity contribution < 1.29 is 14.3 Å². The zero-order chi connectivity index (χ0) is 13.7. The molecule has 0 saturated heterocycles. The molecule has 0 spiro atoms. The molecule has 0 N–H and O–H groups in total. The lowest BCUT2D eigenvalue weighted by Crippen LogP contribution is -2.08. The monoisotopic (exact) mass is 280 g/mol. The molecule has 0 unspecified atom stereocenters. The second kappa shape index (κ2) is 6.24. The van der Waals surface area contributed by atoms with E-state index in [0.717, 1.165) is 0 Å². The van der Waals surface area contributed by atoms with Gasteiger partial charge in [0.1, 0.15) is 6.61 Å². The molecule has 1 aromatic heterocycles. The van der Waals surface area contributed by atoms with Crippen molar-refractivity contribution in [3.8, 4) is 11.5 Å². The van der Waals surface area contributed by atoms with Crippen molar-refractivity contribution in [2.75, 3.05) is 13.7 Å². The molecule has 0 aliphatic carbocycles. The van der Waals surface area contributed by atoms with Crippen molar-refractivity contribution in [1.82, 2.24) is 9.55 Å². The van der Waals surface area contributed by atoms with E-state index in [2.05, 4.69) is 4.98 Å². The molecule has 2 aromatic rings. The van der Waals surface area contributed by atoms with Gasteiger partial charge in [0.2, 0.25) is 0 Å². The molecule has 0 radical (unpaired) electrons. The van der Waals surface area contributed by atoms with Gasteiger partial charge in [-0.25, -0.2) is 4.98 Å². The van der Waals surface area contributed by atoms with Gasteiger partial charge in [0.05, 0.1) is 25.5 Å². The fourth-order valence-electron chi connectivity index (χ4n) is 1.65. The molecule has 5 nitrogen and oxygen atoms in total. The molecular weight excluding hydrogens is 268 g/mol. The van der Waals surface area contributed by atoms with E-state index in [4.69, 9.17) is 21.1 Å². The number of carbonyl (C=O) groups excluding carboxylic acids is 1. The van der Waals surface area contributed by atoms with E-state index in [1.165, 1.54) is 7.11 Å². The van der Waals surface area contributed by atoms with Gasteiger partial charge in [-0.05, 0) is 6.07 Å². The number of aldehydes is 1. The number of aromatic nitrogens is 2. The number of methoxy groups -OCH3 is 1. The van der Waals surface area contributed by atoms with Crippen LogP contribution in [0.3, 0.4) is 0 Å². The molecule has 0 fully saturated rings. The number of halogens is 1. The maximum atomic E-state index is 11.0. The van der Waals surface area contributed by atoms with Crippen LogP contribution in [0.5, 0.6) is 11.5 Å². The number of rotatable bonds is 6. The van der Waals surface area contributed by atoms with Gasteiger partial charge in [0.25, 0.3) is 0 Å². The average molecular weight is 281 g/mol. The zero-order valence-electron chi connectivity index (χ0n) is 10.4. The van der Waals surface area contributed by atoms with E-state index in [0.29, 0.717) is 41.5 Å². The van der Waals surface area contributed by atoms with Gasteiger partial charge in [0.15, 0.2) is 17.8 Å². The average Bonchev–Trinajstić information content (AvgIpc) is 2.92. The minimum absolute atomic E-state index is 0.370. The number of hydrogen-bond donors (Lipinski definition) is 0. The van der Waals surface area contributed by atoms with Crippen LogP contribution in [0, 0.1) is 0 Å². The van der Waals surface area contributed by atoms with Gasteiger partial charge in [-0.2, -0.15) is 0 Å².